The molecule has 0 unspecified atom stereocenters. The number of halogens is 2. The van der Waals surface area contributed by atoms with Crippen LogP contribution in [0, 0.1) is 5.82 Å². The van der Waals surface area contributed by atoms with E-state index in [1.54, 1.807) is 6.07 Å². The Labute approximate surface area is 134 Å². The van der Waals surface area contributed by atoms with E-state index in [4.69, 9.17) is 11.6 Å². The Kier molecular flexibility index (Phi) is 6.17. The smallest absolute Gasteiger partial charge is 0.242 e. The van der Waals surface area contributed by atoms with Crippen LogP contribution in [0.2, 0.25) is 5.02 Å². The van der Waals surface area contributed by atoms with Gasteiger partial charge in [0.1, 0.15) is 0 Å². The van der Waals surface area contributed by atoms with E-state index in [-0.39, 0.29) is 41.2 Å². The van der Waals surface area contributed by atoms with Crippen molar-refractivity contribution < 1.29 is 14.0 Å². The average Bonchev–Trinajstić information content (AvgIpc) is 2.37. The minimum atomic E-state index is -0.606. The monoisotopic (exact) mass is 329 g/mol. The third kappa shape index (κ3) is 5.89. The van der Waals surface area contributed by atoms with Gasteiger partial charge in [-0.25, -0.2) is 4.39 Å². The highest BCUT2D eigenvalue weighted by Gasteiger charge is 2.18. The van der Waals surface area contributed by atoms with Gasteiger partial charge in [-0.3, -0.25) is 9.59 Å². The second-order valence-electron chi connectivity index (χ2n) is 6.00. The lowest BCUT2D eigenvalue weighted by atomic mass is 10.1. The van der Waals surface area contributed by atoms with E-state index < -0.39 is 5.82 Å². The molecule has 2 N–H and O–H groups in total. The third-order valence-electron chi connectivity index (χ3n) is 2.70. The van der Waals surface area contributed by atoms with Gasteiger partial charge >= 0.3 is 0 Å². The first-order valence-electron chi connectivity index (χ1n) is 6.83. The van der Waals surface area contributed by atoms with Crippen molar-refractivity contribution in [2.75, 3.05) is 25.5 Å². The fourth-order valence-corrected chi connectivity index (χ4v) is 1.88. The van der Waals surface area contributed by atoms with Gasteiger partial charge in [-0.2, -0.15) is 0 Å². The summed E-state index contributed by atoms with van der Waals surface area (Å²) < 4.78 is 13.7. The number of anilines is 1. The van der Waals surface area contributed by atoms with Gasteiger partial charge in [0.25, 0.3) is 0 Å². The van der Waals surface area contributed by atoms with Crippen LogP contribution in [-0.2, 0) is 9.59 Å². The first-order chi connectivity index (χ1) is 10.1. The molecule has 0 saturated carbocycles. The van der Waals surface area contributed by atoms with E-state index in [2.05, 4.69) is 10.6 Å². The molecule has 0 heterocycles. The number of hydrogen-bond acceptors (Lipinski definition) is 3. The highest BCUT2D eigenvalue weighted by Crippen LogP contribution is 2.21. The minimum absolute atomic E-state index is 0.0182. The molecule has 0 aliphatic rings. The van der Waals surface area contributed by atoms with Crippen molar-refractivity contribution in [2.24, 2.45) is 0 Å². The van der Waals surface area contributed by atoms with Gasteiger partial charge in [-0.05, 0) is 32.9 Å². The number of carbonyl (C=O) groups is 2. The summed E-state index contributed by atoms with van der Waals surface area (Å²) in [6, 6.07) is 4.49. The Bertz CT molecular complexity index is 558. The second-order valence-corrected chi connectivity index (χ2v) is 6.41. The summed E-state index contributed by atoms with van der Waals surface area (Å²) in [5.41, 5.74) is -0.211. The normalized spacial score (nSPS) is 11.0. The van der Waals surface area contributed by atoms with Gasteiger partial charge in [0.15, 0.2) is 5.82 Å². The van der Waals surface area contributed by atoms with Crippen LogP contribution in [0.4, 0.5) is 10.1 Å². The number of carbonyl (C=O) groups excluding carboxylic acids is 2. The quantitative estimate of drug-likeness (QED) is 0.871. The molecule has 0 spiro atoms. The molecule has 0 aliphatic heterocycles. The summed E-state index contributed by atoms with van der Waals surface area (Å²) in [4.78, 5) is 25.0. The summed E-state index contributed by atoms with van der Waals surface area (Å²) in [6.07, 6.45) is 0. The van der Waals surface area contributed by atoms with Crippen LogP contribution < -0.4 is 10.6 Å². The number of nitrogens with one attached hydrogen (secondary N) is 2. The number of nitrogens with zero attached hydrogens (tertiary/aromatic N) is 1. The van der Waals surface area contributed by atoms with E-state index in [1.165, 1.54) is 24.1 Å². The lowest BCUT2D eigenvalue weighted by molar-refractivity contribution is -0.133. The standard InChI is InChI=1S/C15H21ClFN3O2/c1-15(2,3)19-12(21)9-20(4)13(22)8-18-11-7-5-6-10(16)14(11)17/h5-7,18H,8-9H2,1-4H3,(H,19,21). The van der Waals surface area contributed by atoms with Gasteiger partial charge in [0, 0.05) is 12.6 Å². The second kappa shape index (κ2) is 7.45. The summed E-state index contributed by atoms with van der Waals surface area (Å²) in [5.74, 6) is -1.19. The van der Waals surface area contributed by atoms with E-state index in [0.717, 1.165) is 0 Å². The molecule has 5 nitrogen and oxygen atoms in total. The van der Waals surface area contributed by atoms with Gasteiger partial charge < -0.3 is 15.5 Å². The molecular weight excluding hydrogens is 309 g/mol. The van der Waals surface area contributed by atoms with Crippen molar-refractivity contribution in [3.8, 4) is 0 Å². The van der Waals surface area contributed by atoms with Crippen molar-refractivity contribution in [2.45, 2.75) is 26.3 Å². The Hall–Kier alpha value is -1.82. The molecule has 0 bridgehead atoms. The summed E-state index contributed by atoms with van der Waals surface area (Å²) >= 11 is 5.66. The highest BCUT2D eigenvalue weighted by atomic mass is 35.5. The molecule has 0 radical (unpaired) electrons. The van der Waals surface area contributed by atoms with Crippen molar-refractivity contribution >= 4 is 29.1 Å². The zero-order valence-electron chi connectivity index (χ0n) is 13.2. The fraction of sp³-hybridized carbons (Fsp3) is 0.467. The van der Waals surface area contributed by atoms with Crippen LogP contribution in [0.1, 0.15) is 20.8 Å². The first-order valence-corrected chi connectivity index (χ1v) is 7.21. The van der Waals surface area contributed by atoms with Crippen LogP contribution in [0.25, 0.3) is 0 Å². The molecule has 1 rings (SSSR count). The SMILES string of the molecule is CN(CC(=O)NC(C)(C)C)C(=O)CNc1cccc(Cl)c1F. The zero-order chi connectivity index (χ0) is 16.9. The van der Waals surface area contributed by atoms with Crippen molar-refractivity contribution in [3.05, 3.63) is 29.0 Å². The van der Waals surface area contributed by atoms with Crippen LogP contribution in [0.3, 0.4) is 0 Å². The van der Waals surface area contributed by atoms with Gasteiger partial charge in [0.2, 0.25) is 11.8 Å². The lowest BCUT2D eigenvalue weighted by Crippen LogP contribution is -2.47. The van der Waals surface area contributed by atoms with Gasteiger partial charge in [-0.15, -0.1) is 0 Å². The van der Waals surface area contributed by atoms with E-state index >= 15 is 0 Å². The molecule has 122 valence electrons. The first kappa shape index (κ1) is 18.2. The zero-order valence-corrected chi connectivity index (χ0v) is 13.9. The molecule has 0 saturated heterocycles. The van der Waals surface area contributed by atoms with Gasteiger partial charge in [0.05, 0.1) is 23.8 Å². The fourth-order valence-electron chi connectivity index (χ4n) is 1.71. The number of hydrogen-bond donors (Lipinski definition) is 2. The van der Waals surface area contributed by atoms with Crippen molar-refractivity contribution in [1.29, 1.82) is 0 Å². The number of benzene rings is 1. The molecule has 22 heavy (non-hydrogen) atoms. The maximum atomic E-state index is 13.7. The topological polar surface area (TPSA) is 61.4 Å². The largest absolute Gasteiger partial charge is 0.374 e. The summed E-state index contributed by atoms with van der Waals surface area (Å²) in [6.45, 7) is 5.38. The van der Waals surface area contributed by atoms with Crippen molar-refractivity contribution in [1.82, 2.24) is 10.2 Å². The maximum Gasteiger partial charge on any atom is 0.242 e. The summed E-state index contributed by atoms with van der Waals surface area (Å²) in [5, 5.41) is 5.42. The van der Waals surface area contributed by atoms with E-state index in [1.807, 2.05) is 20.8 Å². The Balaban J connectivity index is 2.51. The molecule has 2 amide bonds. The molecule has 0 atom stereocenters. The minimum Gasteiger partial charge on any atom is -0.374 e. The predicted molar refractivity (Wildman–Crippen MR) is 85.4 cm³/mol. The Morgan fingerprint density at radius 3 is 2.55 bits per heavy atom. The molecule has 7 heteroatoms. The third-order valence-corrected chi connectivity index (χ3v) is 2.99. The Morgan fingerprint density at radius 1 is 1.32 bits per heavy atom. The molecular formula is C15H21ClFN3O2. The maximum absolute atomic E-state index is 13.7. The Morgan fingerprint density at radius 2 is 1.95 bits per heavy atom. The number of likely N-dealkylation sites (N-methyl/N-ethyl adjacent to an activating group) is 1. The predicted octanol–water partition coefficient (Wildman–Crippen LogP) is 2.26. The van der Waals surface area contributed by atoms with Gasteiger partial charge in [-0.1, -0.05) is 17.7 Å². The van der Waals surface area contributed by atoms with Crippen LogP contribution >= 0.6 is 11.6 Å². The lowest BCUT2D eigenvalue weighted by Gasteiger charge is -2.23. The van der Waals surface area contributed by atoms with Crippen LogP contribution in [0.15, 0.2) is 18.2 Å². The molecule has 0 aromatic heterocycles. The summed E-state index contributed by atoms with van der Waals surface area (Å²) in [7, 11) is 1.51. The number of amides is 2. The van der Waals surface area contributed by atoms with E-state index in [0.29, 0.717) is 0 Å². The van der Waals surface area contributed by atoms with Crippen LogP contribution in [-0.4, -0.2) is 42.4 Å². The molecule has 1 aromatic carbocycles. The molecule has 1 aromatic rings. The van der Waals surface area contributed by atoms with E-state index in [9.17, 15) is 14.0 Å². The highest BCUT2D eigenvalue weighted by molar-refractivity contribution is 6.31. The molecule has 0 fully saturated rings. The van der Waals surface area contributed by atoms with Crippen molar-refractivity contribution in [3.63, 3.8) is 0 Å². The van der Waals surface area contributed by atoms with Crippen LogP contribution in [0.5, 0.6) is 0 Å². The average molecular weight is 330 g/mol. The number of rotatable bonds is 5. The molecule has 0 aliphatic carbocycles.